The van der Waals surface area contributed by atoms with E-state index in [1.807, 2.05) is 0 Å². The van der Waals surface area contributed by atoms with Gasteiger partial charge in [0.2, 0.25) is 0 Å². The summed E-state index contributed by atoms with van der Waals surface area (Å²) in [6.07, 6.45) is 3.86. The lowest BCUT2D eigenvalue weighted by molar-refractivity contribution is 0.278. The first kappa shape index (κ1) is 15.2. The smallest absolute Gasteiger partial charge is 0.0466 e. The molecule has 0 aliphatic carbocycles. The van der Waals surface area contributed by atoms with Crippen LogP contribution in [-0.2, 0) is 0 Å². The molecule has 2 atom stereocenters. The van der Waals surface area contributed by atoms with E-state index in [2.05, 4.69) is 68.5 Å². The van der Waals surface area contributed by atoms with Gasteiger partial charge >= 0.3 is 0 Å². The Hall–Kier alpha value is -0.860. The Kier molecular flexibility index (Phi) is 6.99. The number of hydrogen-bond donors (Lipinski definition) is 1. The number of unbranched alkanes of at least 4 members (excludes halogenated alkanes) is 1. The van der Waals surface area contributed by atoms with Crippen molar-refractivity contribution >= 4 is 0 Å². The van der Waals surface area contributed by atoms with E-state index in [0.29, 0.717) is 12.1 Å². The zero-order chi connectivity index (χ0) is 13.4. The topological polar surface area (TPSA) is 15.3 Å². The van der Waals surface area contributed by atoms with Crippen molar-refractivity contribution in [3.8, 4) is 0 Å². The summed E-state index contributed by atoms with van der Waals surface area (Å²) in [5.41, 5.74) is 1.39. The van der Waals surface area contributed by atoms with Crippen LogP contribution in [0.5, 0.6) is 0 Å². The van der Waals surface area contributed by atoms with Gasteiger partial charge in [-0.15, -0.1) is 0 Å². The molecule has 1 rings (SSSR count). The largest absolute Gasteiger partial charge is 0.312 e. The van der Waals surface area contributed by atoms with Gasteiger partial charge in [0.15, 0.2) is 0 Å². The lowest BCUT2D eigenvalue weighted by Crippen LogP contribution is -2.35. The molecule has 0 amide bonds. The van der Waals surface area contributed by atoms with Gasteiger partial charge in [-0.3, -0.25) is 0 Å². The van der Waals surface area contributed by atoms with E-state index < -0.39 is 0 Å². The lowest BCUT2D eigenvalue weighted by Gasteiger charge is -2.27. The molecule has 0 saturated heterocycles. The fraction of sp³-hybridized carbons (Fsp3) is 0.625. The highest BCUT2D eigenvalue weighted by Crippen LogP contribution is 2.17. The third-order valence-electron chi connectivity index (χ3n) is 3.46. The Bertz CT molecular complexity index is 308. The van der Waals surface area contributed by atoms with Gasteiger partial charge in [-0.1, -0.05) is 50.1 Å². The maximum absolute atomic E-state index is 3.66. The summed E-state index contributed by atoms with van der Waals surface area (Å²) in [5, 5.41) is 3.66. The molecular weight excluding hydrogens is 220 g/mol. The van der Waals surface area contributed by atoms with Crippen LogP contribution in [0.3, 0.4) is 0 Å². The summed E-state index contributed by atoms with van der Waals surface area (Å²) in [6, 6.07) is 11.8. The van der Waals surface area contributed by atoms with Gasteiger partial charge in [0, 0.05) is 18.6 Å². The predicted octanol–water partition coefficient (Wildman–Crippen LogP) is 3.46. The van der Waals surface area contributed by atoms with Crippen molar-refractivity contribution in [3.05, 3.63) is 35.9 Å². The van der Waals surface area contributed by atoms with Crippen LogP contribution in [0.4, 0.5) is 0 Å². The maximum Gasteiger partial charge on any atom is 0.0466 e. The second-order valence-electron chi connectivity index (χ2n) is 5.34. The molecule has 1 N–H and O–H groups in total. The fourth-order valence-electron chi connectivity index (χ4n) is 2.20. The van der Waals surface area contributed by atoms with Crippen LogP contribution in [0, 0.1) is 0 Å². The first-order valence-corrected chi connectivity index (χ1v) is 7.10. The molecule has 1 aromatic rings. The molecule has 1 aromatic carbocycles. The standard InChI is InChI=1S/C16H28N2/c1-5-6-10-14(2)17-13-16(18(3)4)15-11-8-7-9-12-15/h7-9,11-12,14,16-17H,5-6,10,13H2,1-4H3. The molecule has 0 spiro atoms. The molecule has 0 fully saturated rings. The molecule has 2 heteroatoms. The van der Waals surface area contributed by atoms with Gasteiger partial charge in [-0.2, -0.15) is 0 Å². The molecule has 102 valence electrons. The van der Waals surface area contributed by atoms with Gasteiger partial charge in [0.25, 0.3) is 0 Å². The molecule has 0 heterocycles. The summed E-state index contributed by atoms with van der Waals surface area (Å²) >= 11 is 0. The molecule has 0 aliphatic heterocycles. The number of benzene rings is 1. The molecule has 0 bridgehead atoms. The summed E-state index contributed by atoms with van der Waals surface area (Å²) < 4.78 is 0. The summed E-state index contributed by atoms with van der Waals surface area (Å²) in [6.45, 7) is 5.55. The number of rotatable bonds is 8. The first-order chi connectivity index (χ1) is 8.65. The van der Waals surface area contributed by atoms with Crippen molar-refractivity contribution in [1.29, 1.82) is 0 Å². The van der Waals surface area contributed by atoms with E-state index in [1.165, 1.54) is 24.8 Å². The van der Waals surface area contributed by atoms with Crippen LogP contribution in [0.15, 0.2) is 30.3 Å². The fourth-order valence-corrected chi connectivity index (χ4v) is 2.20. The van der Waals surface area contributed by atoms with E-state index in [9.17, 15) is 0 Å². The van der Waals surface area contributed by atoms with Crippen molar-refractivity contribution in [2.24, 2.45) is 0 Å². The highest BCUT2D eigenvalue weighted by atomic mass is 15.1. The van der Waals surface area contributed by atoms with Gasteiger partial charge in [0.05, 0.1) is 0 Å². The Morgan fingerprint density at radius 3 is 2.39 bits per heavy atom. The Morgan fingerprint density at radius 1 is 1.17 bits per heavy atom. The highest BCUT2D eigenvalue weighted by Gasteiger charge is 2.14. The predicted molar refractivity (Wildman–Crippen MR) is 79.9 cm³/mol. The number of hydrogen-bond acceptors (Lipinski definition) is 2. The SMILES string of the molecule is CCCCC(C)NCC(c1ccccc1)N(C)C. The second-order valence-corrected chi connectivity index (χ2v) is 5.34. The molecule has 0 aromatic heterocycles. The zero-order valence-electron chi connectivity index (χ0n) is 12.3. The van der Waals surface area contributed by atoms with Crippen LogP contribution >= 0.6 is 0 Å². The quantitative estimate of drug-likeness (QED) is 0.758. The summed E-state index contributed by atoms with van der Waals surface area (Å²) in [4.78, 5) is 2.29. The van der Waals surface area contributed by atoms with E-state index in [1.54, 1.807) is 0 Å². The molecule has 2 nitrogen and oxygen atoms in total. The van der Waals surface area contributed by atoms with Crippen molar-refractivity contribution in [1.82, 2.24) is 10.2 Å². The summed E-state index contributed by atoms with van der Waals surface area (Å²) in [5.74, 6) is 0. The van der Waals surface area contributed by atoms with E-state index >= 15 is 0 Å². The van der Waals surface area contributed by atoms with Crippen LogP contribution in [-0.4, -0.2) is 31.6 Å². The minimum absolute atomic E-state index is 0.454. The van der Waals surface area contributed by atoms with E-state index in [-0.39, 0.29) is 0 Å². The van der Waals surface area contributed by atoms with Crippen molar-refractivity contribution < 1.29 is 0 Å². The zero-order valence-corrected chi connectivity index (χ0v) is 12.3. The first-order valence-electron chi connectivity index (χ1n) is 7.10. The number of nitrogens with one attached hydrogen (secondary N) is 1. The maximum atomic E-state index is 3.66. The lowest BCUT2D eigenvalue weighted by atomic mass is 10.1. The molecule has 0 radical (unpaired) electrons. The van der Waals surface area contributed by atoms with Gasteiger partial charge in [0.1, 0.15) is 0 Å². The number of nitrogens with zero attached hydrogens (tertiary/aromatic N) is 1. The highest BCUT2D eigenvalue weighted by molar-refractivity contribution is 5.19. The summed E-state index contributed by atoms with van der Waals surface area (Å²) in [7, 11) is 4.30. The van der Waals surface area contributed by atoms with Crippen molar-refractivity contribution in [2.45, 2.75) is 45.2 Å². The minimum Gasteiger partial charge on any atom is -0.312 e. The average Bonchev–Trinajstić information content (AvgIpc) is 2.37. The van der Waals surface area contributed by atoms with Crippen LogP contribution < -0.4 is 5.32 Å². The van der Waals surface area contributed by atoms with Gasteiger partial charge in [-0.25, -0.2) is 0 Å². The van der Waals surface area contributed by atoms with E-state index in [4.69, 9.17) is 0 Å². The monoisotopic (exact) mass is 248 g/mol. The normalized spacial score (nSPS) is 14.7. The van der Waals surface area contributed by atoms with Crippen LogP contribution in [0.1, 0.15) is 44.7 Å². The van der Waals surface area contributed by atoms with E-state index in [0.717, 1.165) is 6.54 Å². The van der Waals surface area contributed by atoms with Crippen molar-refractivity contribution in [2.75, 3.05) is 20.6 Å². The van der Waals surface area contributed by atoms with Gasteiger partial charge in [-0.05, 0) is 33.0 Å². The third-order valence-corrected chi connectivity index (χ3v) is 3.46. The Labute approximate surface area is 112 Å². The third kappa shape index (κ3) is 5.19. The Morgan fingerprint density at radius 2 is 1.83 bits per heavy atom. The average molecular weight is 248 g/mol. The van der Waals surface area contributed by atoms with Gasteiger partial charge < -0.3 is 10.2 Å². The van der Waals surface area contributed by atoms with Crippen LogP contribution in [0.25, 0.3) is 0 Å². The molecule has 0 aliphatic rings. The van der Waals surface area contributed by atoms with Crippen molar-refractivity contribution in [3.63, 3.8) is 0 Å². The number of likely N-dealkylation sites (N-methyl/N-ethyl adjacent to an activating group) is 1. The Balaban J connectivity index is 2.49. The molecule has 0 saturated carbocycles. The second kappa shape index (κ2) is 8.28. The molecule has 18 heavy (non-hydrogen) atoms. The van der Waals surface area contributed by atoms with Crippen LogP contribution in [0.2, 0.25) is 0 Å². The molecular formula is C16H28N2. The minimum atomic E-state index is 0.454. The molecule has 2 unspecified atom stereocenters.